The molecule has 1 aliphatic rings. The van der Waals surface area contributed by atoms with Crippen molar-refractivity contribution in [3.8, 4) is 11.4 Å². The Morgan fingerprint density at radius 1 is 0.933 bits per heavy atom. The normalized spacial score (nSPS) is 13.9. The fraction of sp³-hybridized carbons (Fsp3) is 0.261. The lowest BCUT2D eigenvalue weighted by atomic mass is 10.2. The Labute approximate surface area is 175 Å². The Bertz CT molecular complexity index is 1090. The number of hydrogen-bond donors (Lipinski definition) is 0. The number of carbonyl (C=O) groups excluding carboxylic acids is 1. The van der Waals surface area contributed by atoms with Crippen LogP contribution in [0.15, 0.2) is 65.5 Å². The van der Waals surface area contributed by atoms with Crippen LogP contribution in [0, 0.1) is 6.92 Å². The maximum atomic E-state index is 13.2. The van der Waals surface area contributed by atoms with Crippen LogP contribution in [0.5, 0.6) is 5.75 Å². The van der Waals surface area contributed by atoms with Gasteiger partial charge in [0.1, 0.15) is 0 Å². The fourth-order valence-corrected chi connectivity index (χ4v) is 3.57. The topological polar surface area (TPSA) is 67.7 Å². The highest BCUT2D eigenvalue weighted by Gasteiger charge is 2.27. The molecule has 0 saturated carbocycles. The predicted octanol–water partition coefficient (Wildman–Crippen LogP) is 2.51. The van der Waals surface area contributed by atoms with Crippen molar-refractivity contribution in [2.45, 2.75) is 6.92 Å². The number of para-hydroxylation sites is 1. The standard InChI is InChI=1S/C23H24N4O3/c1-17-8-10-19(11-9-17)27-21(28)16-20(30-2)22(24-27)23(29)26-14-12-25(13-15-26)18-6-4-3-5-7-18/h3-11,16H,12-15H2,1-2H3. The van der Waals surface area contributed by atoms with E-state index in [0.29, 0.717) is 18.8 Å². The predicted molar refractivity (Wildman–Crippen MR) is 116 cm³/mol. The van der Waals surface area contributed by atoms with Crippen LogP contribution < -0.4 is 15.2 Å². The Hall–Kier alpha value is -3.61. The molecular weight excluding hydrogens is 380 g/mol. The molecule has 154 valence electrons. The van der Waals surface area contributed by atoms with Crippen LogP contribution in [0.1, 0.15) is 16.1 Å². The molecule has 2 heterocycles. The zero-order valence-corrected chi connectivity index (χ0v) is 17.1. The van der Waals surface area contributed by atoms with Crippen molar-refractivity contribution in [2.24, 2.45) is 0 Å². The first kappa shape index (κ1) is 19.7. The van der Waals surface area contributed by atoms with E-state index in [2.05, 4.69) is 22.1 Å². The molecule has 7 nitrogen and oxygen atoms in total. The molecule has 0 atom stereocenters. The summed E-state index contributed by atoms with van der Waals surface area (Å²) in [6.45, 7) is 4.58. The second kappa shape index (κ2) is 8.41. The minimum absolute atomic E-state index is 0.144. The van der Waals surface area contributed by atoms with Crippen LogP contribution in [0.4, 0.5) is 5.69 Å². The fourth-order valence-electron chi connectivity index (χ4n) is 3.57. The zero-order chi connectivity index (χ0) is 21.1. The molecule has 0 N–H and O–H groups in total. The zero-order valence-electron chi connectivity index (χ0n) is 17.1. The first-order valence-corrected chi connectivity index (χ1v) is 9.91. The van der Waals surface area contributed by atoms with Gasteiger partial charge < -0.3 is 14.5 Å². The number of benzene rings is 2. The third kappa shape index (κ3) is 3.91. The second-order valence-corrected chi connectivity index (χ2v) is 7.26. The molecule has 1 aliphatic heterocycles. The SMILES string of the molecule is COc1cc(=O)n(-c2ccc(C)cc2)nc1C(=O)N1CCN(c2ccccc2)CC1. The van der Waals surface area contributed by atoms with Gasteiger partial charge in [-0.05, 0) is 31.2 Å². The molecule has 30 heavy (non-hydrogen) atoms. The van der Waals surface area contributed by atoms with Crippen molar-refractivity contribution < 1.29 is 9.53 Å². The van der Waals surface area contributed by atoms with Crippen molar-refractivity contribution in [2.75, 3.05) is 38.2 Å². The lowest BCUT2D eigenvalue weighted by Crippen LogP contribution is -2.49. The van der Waals surface area contributed by atoms with Gasteiger partial charge >= 0.3 is 0 Å². The summed E-state index contributed by atoms with van der Waals surface area (Å²) in [5, 5.41) is 4.37. The molecule has 1 saturated heterocycles. The molecule has 0 unspecified atom stereocenters. The van der Waals surface area contributed by atoms with Crippen molar-refractivity contribution in [1.82, 2.24) is 14.7 Å². The summed E-state index contributed by atoms with van der Waals surface area (Å²) < 4.78 is 6.55. The van der Waals surface area contributed by atoms with Gasteiger partial charge in [-0.3, -0.25) is 9.59 Å². The lowest BCUT2D eigenvalue weighted by Gasteiger charge is -2.36. The number of hydrogen-bond acceptors (Lipinski definition) is 5. The van der Waals surface area contributed by atoms with E-state index < -0.39 is 0 Å². The number of piperazine rings is 1. The molecule has 0 spiro atoms. The first-order valence-electron chi connectivity index (χ1n) is 9.91. The molecule has 2 aromatic carbocycles. The summed E-state index contributed by atoms with van der Waals surface area (Å²) in [6, 6.07) is 18.9. The minimum Gasteiger partial charge on any atom is -0.494 e. The number of amides is 1. The highest BCUT2D eigenvalue weighted by molar-refractivity contribution is 5.95. The van der Waals surface area contributed by atoms with Crippen LogP contribution >= 0.6 is 0 Å². The molecule has 1 aromatic heterocycles. The monoisotopic (exact) mass is 404 g/mol. The van der Waals surface area contributed by atoms with Crippen LogP contribution in [0.25, 0.3) is 5.69 Å². The summed E-state index contributed by atoms with van der Waals surface area (Å²) in [5.74, 6) is -0.0423. The Kier molecular flexibility index (Phi) is 5.52. The van der Waals surface area contributed by atoms with Gasteiger partial charge in [0.05, 0.1) is 18.9 Å². The maximum absolute atomic E-state index is 13.2. The van der Waals surface area contributed by atoms with Gasteiger partial charge in [-0.2, -0.15) is 9.78 Å². The van der Waals surface area contributed by atoms with Crippen molar-refractivity contribution in [1.29, 1.82) is 0 Å². The van der Waals surface area contributed by atoms with Crippen molar-refractivity contribution >= 4 is 11.6 Å². The molecule has 0 bridgehead atoms. The molecule has 3 aromatic rings. The quantitative estimate of drug-likeness (QED) is 0.668. The van der Waals surface area contributed by atoms with Gasteiger partial charge in [0.15, 0.2) is 11.4 Å². The van der Waals surface area contributed by atoms with Gasteiger partial charge in [-0.15, -0.1) is 0 Å². The number of anilines is 1. The van der Waals surface area contributed by atoms with Gasteiger partial charge in [0, 0.05) is 31.9 Å². The van der Waals surface area contributed by atoms with E-state index in [9.17, 15) is 9.59 Å². The minimum atomic E-state index is -0.346. The van der Waals surface area contributed by atoms with E-state index in [-0.39, 0.29) is 22.9 Å². The molecule has 0 radical (unpaired) electrons. The van der Waals surface area contributed by atoms with Gasteiger partial charge in [-0.25, -0.2) is 0 Å². The number of methoxy groups -OCH3 is 1. The van der Waals surface area contributed by atoms with E-state index in [1.807, 2.05) is 49.4 Å². The Balaban J connectivity index is 1.58. The third-order valence-electron chi connectivity index (χ3n) is 5.29. The number of carbonyl (C=O) groups is 1. The molecule has 1 fully saturated rings. The maximum Gasteiger partial charge on any atom is 0.278 e. The van der Waals surface area contributed by atoms with Gasteiger partial charge in [0.25, 0.3) is 11.5 Å². The molecule has 0 aliphatic carbocycles. The number of nitrogens with zero attached hydrogens (tertiary/aromatic N) is 4. The van der Waals surface area contributed by atoms with E-state index in [1.54, 1.807) is 4.90 Å². The summed E-state index contributed by atoms with van der Waals surface area (Å²) in [4.78, 5) is 29.8. The second-order valence-electron chi connectivity index (χ2n) is 7.26. The van der Waals surface area contributed by atoms with E-state index >= 15 is 0 Å². The first-order chi connectivity index (χ1) is 14.6. The summed E-state index contributed by atoms with van der Waals surface area (Å²) in [7, 11) is 1.44. The summed E-state index contributed by atoms with van der Waals surface area (Å²) in [6.07, 6.45) is 0. The number of aromatic nitrogens is 2. The highest BCUT2D eigenvalue weighted by Crippen LogP contribution is 2.20. The van der Waals surface area contributed by atoms with Crippen LogP contribution in [0.3, 0.4) is 0 Å². The summed E-state index contributed by atoms with van der Waals surface area (Å²) in [5.41, 5.74) is 2.63. The largest absolute Gasteiger partial charge is 0.494 e. The van der Waals surface area contributed by atoms with Crippen molar-refractivity contribution in [3.63, 3.8) is 0 Å². The number of ether oxygens (including phenoxy) is 1. The average molecular weight is 404 g/mol. The van der Waals surface area contributed by atoms with Crippen molar-refractivity contribution in [3.05, 3.63) is 82.3 Å². The Morgan fingerprint density at radius 2 is 1.60 bits per heavy atom. The van der Waals surface area contributed by atoms with Crippen LogP contribution in [-0.4, -0.2) is 53.9 Å². The smallest absolute Gasteiger partial charge is 0.278 e. The lowest BCUT2D eigenvalue weighted by molar-refractivity contribution is 0.0734. The summed E-state index contributed by atoms with van der Waals surface area (Å²) >= 11 is 0. The molecule has 4 rings (SSSR count). The van der Waals surface area contributed by atoms with E-state index in [0.717, 1.165) is 24.3 Å². The number of aryl methyl sites for hydroxylation is 1. The van der Waals surface area contributed by atoms with Gasteiger partial charge in [0.2, 0.25) is 0 Å². The van der Waals surface area contributed by atoms with Crippen LogP contribution in [0.2, 0.25) is 0 Å². The highest BCUT2D eigenvalue weighted by atomic mass is 16.5. The van der Waals surface area contributed by atoms with Gasteiger partial charge in [-0.1, -0.05) is 35.9 Å². The molecule has 7 heteroatoms. The van der Waals surface area contributed by atoms with Crippen LogP contribution in [-0.2, 0) is 0 Å². The average Bonchev–Trinajstić information content (AvgIpc) is 2.80. The Morgan fingerprint density at radius 3 is 2.23 bits per heavy atom. The molecular formula is C23H24N4O3. The molecule has 1 amide bonds. The third-order valence-corrected chi connectivity index (χ3v) is 5.29. The van der Waals surface area contributed by atoms with E-state index in [1.165, 1.54) is 17.9 Å². The number of rotatable bonds is 4. The van der Waals surface area contributed by atoms with E-state index in [4.69, 9.17) is 4.74 Å².